The molecule has 0 aliphatic rings. The summed E-state index contributed by atoms with van der Waals surface area (Å²) in [5.74, 6) is 0.480. The molecule has 12 heavy (non-hydrogen) atoms. The minimum absolute atomic E-state index is 0.480. The average Bonchev–Trinajstić information content (AvgIpc) is 2.10. The smallest absolute Gasteiger partial charge is 0.0490 e. The molecule has 0 N–H and O–H groups in total. The monoisotopic (exact) mass is 220 g/mol. The van der Waals surface area contributed by atoms with Gasteiger partial charge in [-0.05, 0) is 30.4 Å². The number of alkyl halides is 1. The summed E-state index contributed by atoms with van der Waals surface area (Å²) in [7, 11) is 0. The van der Waals surface area contributed by atoms with Crippen molar-refractivity contribution in [3.63, 3.8) is 0 Å². The Morgan fingerprint density at radius 2 is 2.08 bits per heavy atom. The minimum atomic E-state index is 0.480. The van der Waals surface area contributed by atoms with Gasteiger partial charge in [-0.25, -0.2) is 0 Å². The van der Waals surface area contributed by atoms with Gasteiger partial charge < -0.3 is 0 Å². The summed E-state index contributed by atoms with van der Waals surface area (Å²) < 4.78 is 0. The number of hydrogen-bond donors (Lipinski definition) is 0. The van der Waals surface area contributed by atoms with E-state index in [0.717, 1.165) is 16.1 Å². The summed E-state index contributed by atoms with van der Waals surface area (Å²) in [5.41, 5.74) is 2.14. The van der Waals surface area contributed by atoms with Gasteiger partial charge in [0, 0.05) is 15.8 Å². The highest BCUT2D eigenvalue weighted by Gasteiger charge is 2.05. The molecule has 0 saturated carbocycles. The molecule has 66 valence electrons. The Morgan fingerprint density at radius 1 is 1.42 bits per heavy atom. The fourth-order valence-electron chi connectivity index (χ4n) is 1.05. The lowest BCUT2D eigenvalue weighted by Crippen LogP contribution is -1.86. The fraction of sp³-hybridized carbons (Fsp3) is 0.333. The number of benzene rings is 1. The van der Waals surface area contributed by atoms with Crippen LogP contribution < -0.4 is 0 Å². The van der Waals surface area contributed by atoms with Crippen LogP contribution in [0, 0.1) is 6.92 Å². The number of hydrogen-bond acceptors (Lipinski definition) is 1. The van der Waals surface area contributed by atoms with Crippen molar-refractivity contribution >= 4 is 35.0 Å². The van der Waals surface area contributed by atoms with Crippen LogP contribution in [0.25, 0.3) is 0 Å². The summed E-state index contributed by atoms with van der Waals surface area (Å²) in [6, 6.07) is 4.04. The summed E-state index contributed by atoms with van der Waals surface area (Å²) in [5, 5.41) is 0.803. The molecule has 0 aliphatic carbocycles. The highest BCUT2D eigenvalue weighted by molar-refractivity contribution is 7.98. The number of halogens is 2. The Hall–Kier alpha value is 0.150. The maximum absolute atomic E-state index is 6.08. The van der Waals surface area contributed by atoms with Crippen LogP contribution in [0.5, 0.6) is 0 Å². The van der Waals surface area contributed by atoms with E-state index in [-0.39, 0.29) is 0 Å². The third-order valence-electron chi connectivity index (χ3n) is 1.78. The maximum atomic E-state index is 6.08. The predicted octanol–water partition coefficient (Wildman–Crippen LogP) is 4.11. The van der Waals surface area contributed by atoms with Gasteiger partial charge in [0.05, 0.1) is 0 Å². The van der Waals surface area contributed by atoms with Crippen molar-refractivity contribution in [2.45, 2.75) is 17.7 Å². The van der Waals surface area contributed by atoms with Gasteiger partial charge in [-0.3, -0.25) is 0 Å². The first-order valence-electron chi connectivity index (χ1n) is 3.58. The molecule has 0 nitrogen and oxygen atoms in total. The lowest BCUT2D eigenvalue weighted by Gasteiger charge is -2.07. The highest BCUT2D eigenvalue weighted by Crippen LogP contribution is 2.29. The van der Waals surface area contributed by atoms with E-state index in [1.165, 1.54) is 4.90 Å². The van der Waals surface area contributed by atoms with Crippen molar-refractivity contribution in [1.29, 1.82) is 0 Å². The van der Waals surface area contributed by atoms with E-state index in [1.807, 2.05) is 19.2 Å². The molecule has 0 unspecified atom stereocenters. The molecule has 1 aromatic carbocycles. The second kappa shape index (κ2) is 4.40. The van der Waals surface area contributed by atoms with Gasteiger partial charge in [-0.15, -0.1) is 23.4 Å². The summed E-state index contributed by atoms with van der Waals surface area (Å²) in [6.07, 6.45) is 2.04. The van der Waals surface area contributed by atoms with E-state index in [2.05, 4.69) is 6.07 Å². The van der Waals surface area contributed by atoms with E-state index in [1.54, 1.807) is 11.8 Å². The first-order chi connectivity index (χ1) is 5.70. The Morgan fingerprint density at radius 3 is 2.58 bits per heavy atom. The van der Waals surface area contributed by atoms with Crippen LogP contribution in [-0.2, 0) is 5.88 Å². The molecule has 3 heteroatoms. The van der Waals surface area contributed by atoms with Crippen LogP contribution in [0.15, 0.2) is 17.0 Å². The third kappa shape index (κ3) is 1.90. The Kier molecular flexibility index (Phi) is 3.76. The number of thioether (sulfide) groups is 1. The average molecular weight is 221 g/mol. The molecule has 0 radical (unpaired) electrons. The molecule has 0 spiro atoms. The van der Waals surface area contributed by atoms with Crippen LogP contribution in [0.2, 0.25) is 5.02 Å². The molecule has 0 saturated heterocycles. The van der Waals surface area contributed by atoms with Gasteiger partial charge in [0.1, 0.15) is 0 Å². The highest BCUT2D eigenvalue weighted by atomic mass is 35.5. The summed E-state index contributed by atoms with van der Waals surface area (Å²) in [4.78, 5) is 1.22. The lowest BCUT2D eigenvalue weighted by molar-refractivity contribution is 1.25. The van der Waals surface area contributed by atoms with E-state index in [4.69, 9.17) is 23.2 Å². The van der Waals surface area contributed by atoms with Gasteiger partial charge in [0.25, 0.3) is 0 Å². The van der Waals surface area contributed by atoms with Gasteiger partial charge in [0.2, 0.25) is 0 Å². The van der Waals surface area contributed by atoms with E-state index in [0.29, 0.717) is 5.88 Å². The van der Waals surface area contributed by atoms with Gasteiger partial charge in [-0.2, -0.15) is 0 Å². The molecule has 0 atom stereocenters. The van der Waals surface area contributed by atoms with E-state index < -0.39 is 0 Å². The van der Waals surface area contributed by atoms with Crippen LogP contribution in [-0.4, -0.2) is 6.26 Å². The van der Waals surface area contributed by atoms with Crippen LogP contribution >= 0.6 is 35.0 Å². The molecular weight excluding hydrogens is 211 g/mol. The maximum Gasteiger partial charge on any atom is 0.0490 e. The van der Waals surface area contributed by atoms with Crippen LogP contribution in [0.3, 0.4) is 0 Å². The van der Waals surface area contributed by atoms with Crippen molar-refractivity contribution in [2.24, 2.45) is 0 Å². The van der Waals surface area contributed by atoms with Crippen LogP contribution in [0.4, 0.5) is 0 Å². The summed E-state index contributed by atoms with van der Waals surface area (Å²) in [6.45, 7) is 2.02. The summed E-state index contributed by atoms with van der Waals surface area (Å²) >= 11 is 13.5. The second-order valence-electron chi connectivity index (χ2n) is 2.50. The molecule has 1 aromatic rings. The molecule has 0 fully saturated rings. The topological polar surface area (TPSA) is 0 Å². The number of rotatable bonds is 2. The molecular formula is C9H10Cl2S. The standard InChI is InChI=1S/C9H10Cl2S/c1-6-8(12-2)4-3-7(5-10)9(6)11/h3-4H,5H2,1-2H3. The lowest BCUT2D eigenvalue weighted by atomic mass is 10.1. The SMILES string of the molecule is CSc1ccc(CCl)c(Cl)c1C. The molecule has 0 aliphatic heterocycles. The fourth-order valence-corrected chi connectivity index (χ4v) is 2.24. The zero-order valence-corrected chi connectivity index (χ0v) is 9.35. The Labute approximate surface area is 87.3 Å². The first kappa shape index (κ1) is 10.2. The second-order valence-corrected chi connectivity index (χ2v) is 3.99. The molecule has 0 heterocycles. The largest absolute Gasteiger partial charge is 0.129 e. The molecule has 0 amide bonds. The normalized spacial score (nSPS) is 10.3. The Balaban J connectivity index is 3.20. The van der Waals surface area contributed by atoms with Crippen molar-refractivity contribution in [3.8, 4) is 0 Å². The molecule has 1 rings (SSSR count). The van der Waals surface area contributed by atoms with Crippen molar-refractivity contribution in [2.75, 3.05) is 6.26 Å². The third-order valence-corrected chi connectivity index (χ3v) is 3.48. The quantitative estimate of drug-likeness (QED) is 0.535. The Bertz CT molecular complexity index is 255. The van der Waals surface area contributed by atoms with E-state index in [9.17, 15) is 0 Å². The minimum Gasteiger partial charge on any atom is -0.129 e. The zero-order chi connectivity index (χ0) is 9.14. The van der Waals surface area contributed by atoms with Gasteiger partial charge in [-0.1, -0.05) is 17.7 Å². The van der Waals surface area contributed by atoms with Gasteiger partial charge in [0.15, 0.2) is 0 Å². The predicted molar refractivity (Wildman–Crippen MR) is 57.5 cm³/mol. The van der Waals surface area contributed by atoms with Crippen molar-refractivity contribution in [1.82, 2.24) is 0 Å². The first-order valence-corrected chi connectivity index (χ1v) is 5.72. The van der Waals surface area contributed by atoms with Crippen molar-refractivity contribution < 1.29 is 0 Å². The van der Waals surface area contributed by atoms with Crippen molar-refractivity contribution in [3.05, 3.63) is 28.3 Å². The zero-order valence-electron chi connectivity index (χ0n) is 7.03. The van der Waals surface area contributed by atoms with Crippen LogP contribution in [0.1, 0.15) is 11.1 Å². The molecule has 0 aromatic heterocycles. The van der Waals surface area contributed by atoms with Gasteiger partial charge >= 0.3 is 0 Å². The van der Waals surface area contributed by atoms with E-state index >= 15 is 0 Å². The molecule has 0 bridgehead atoms.